The number of ether oxygens (including phenoxy) is 2. The van der Waals surface area contributed by atoms with Crippen LogP contribution in [0.3, 0.4) is 0 Å². The predicted octanol–water partition coefficient (Wildman–Crippen LogP) is 3.94. The average molecular weight is 405 g/mol. The van der Waals surface area contributed by atoms with Crippen molar-refractivity contribution in [2.75, 3.05) is 13.2 Å². The molecule has 6 heteroatoms. The fourth-order valence-corrected chi connectivity index (χ4v) is 2.54. The quantitative estimate of drug-likeness (QED) is 0.535. The van der Waals surface area contributed by atoms with Crippen molar-refractivity contribution in [3.63, 3.8) is 0 Å². The van der Waals surface area contributed by atoms with Gasteiger partial charge in [0, 0.05) is 4.47 Å². The molecule has 132 valence electrons. The number of carbonyl (C=O) groups is 1. The number of nitrogens with one attached hydrogen (secondary N) is 1. The molecule has 0 aromatic heterocycles. The van der Waals surface area contributed by atoms with Crippen molar-refractivity contribution < 1.29 is 14.3 Å². The summed E-state index contributed by atoms with van der Waals surface area (Å²) < 4.78 is 11.9. The maximum atomic E-state index is 11.8. The first kappa shape index (κ1) is 19.0. The van der Waals surface area contributed by atoms with Gasteiger partial charge in [0.1, 0.15) is 11.5 Å². The number of hydrogen-bond donors (Lipinski definition) is 1. The lowest BCUT2D eigenvalue weighted by molar-refractivity contribution is -0.123. The Bertz CT molecular complexity index is 730. The van der Waals surface area contributed by atoms with E-state index in [2.05, 4.69) is 26.5 Å². The minimum Gasteiger partial charge on any atom is -0.494 e. The zero-order valence-electron chi connectivity index (χ0n) is 14.3. The van der Waals surface area contributed by atoms with Crippen LogP contribution in [0.2, 0.25) is 0 Å². The first-order valence-corrected chi connectivity index (χ1v) is 8.87. The highest BCUT2D eigenvalue weighted by Crippen LogP contribution is 2.23. The van der Waals surface area contributed by atoms with Gasteiger partial charge in [0.15, 0.2) is 6.61 Å². The molecule has 0 heterocycles. The normalized spacial score (nSPS) is 10.7. The van der Waals surface area contributed by atoms with Crippen LogP contribution in [0.1, 0.15) is 25.0 Å². The predicted molar refractivity (Wildman–Crippen MR) is 102 cm³/mol. The Hall–Kier alpha value is -2.34. The molecule has 2 aromatic carbocycles. The van der Waals surface area contributed by atoms with E-state index in [1.165, 1.54) is 0 Å². The van der Waals surface area contributed by atoms with Crippen LogP contribution in [0.5, 0.6) is 11.5 Å². The lowest BCUT2D eigenvalue weighted by Gasteiger charge is -2.10. The summed E-state index contributed by atoms with van der Waals surface area (Å²) in [4.78, 5) is 11.8. The van der Waals surface area contributed by atoms with E-state index in [4.69, 9.17) is 9.47 Å². The van der Waals surface area contributed by atoms with Crippen molar-refractivity contribution in [2.24, 2.45) is 5.10 Å². The van der Waals surface area contributed by atoms with Crippen LogP contribution in [-0.2, 0) is 11.2 Å². The van der Waals surface area contributed by atoms with E-state index in [0.717, 1.165) is 27.8 Å². The summed E-state index contributed by atoms with van der Waals surface area (Å²) in [6, 6.07) is 13.2. The van der Waals surface area contributed by atoms with E-state index < -0.39 is 0 Å². The topological polar surface area (TPSA) is 59.9 Å². The summed E-state index contributed by atoms with van der Waals surface area (Å²) in [6.45, 7) is 4.51. The van der Waals surface area contributed by atoms with E-state index in [0.29, 0.717) is 12.4 Å². The van der Waals surface area contributed by atoms with Gasteiger partial charge in [0.25, 0.3) is 5.91 Å². The third-order valence-corrected chi connectivity index (χ3v) is 3.85. The third kappa shape index (κ3) is 6.23. The second-order valence-corrected chi connectivity index (χ2v) is 6.11. The highest BCUT2D eigenvalue weighted by molar-refractivity contribution is 9.10. The largest absolute Gasteiger partial charge is 0.494 e. The molecule has 0 atom stereocenters. The Kier molecular flexibility index (Phi) is 7.47. The number of halogens is 1. The van der Waals surface area contributed by atoms with Gasteiger partial charge in [-0.05, 0) is 66.9 Å². The van der Waals surface area contributed by atoms with E-state index in [1.807, 2.05) is 56.3 Å². The molecule has 2 aromatic rings. The van der Waals surface area contributed by atoms with Crippen molar-refractivity contribution in [3.8, 4) is 11.5 Å². The van der Waals surface area contributed by atoms with Crippen molar-refractivity contribution in [3.05, 3.63) is 58.1 Å². The Balaban J connectivity index is 1.82. The van der Waals surface area contributed by atoms with Crippen LogP contribution in [0, 0.1) is 0 Å². The van der Waals surface area contributed by atoms with Crippen molar-refractivity contribution >= 4 is 28.1 Å². The third-order valence-electron chi connectivity index (χ3n) is 3.36. The monoisotopic (exact) mass is 404 g/mol. The van der Waals surface area contributed by atoms with Gasteiger partial charge >= 0.3 is 0 Å². The van der Waals surface area contributed by atoms with Gasteiger partial charge in [-0.1, -0.05) is 22.9 Å². The highest BCUT2D eigenvalue weighted by Gasteiger charge is 2.06. The van der Waals surface area contributed by atoms with Gasteiger partial charge in [-0.25, -0.2) is 5.43 Å². The van der Waals surface area contributed by atoms with Gasteiger partial charge in [0.05, 0.1) is 12.8 Å². The van der Waals surface area contributed by atoms with Crippen LogP contribution < -0.4 is 14.9 Å². The minimum atomic E-state index is -0.313. The van der Waals surface area contributed by atoms with Gasteiger partial charge in [-0.3, -0.25) is 4.79 Å². The Morgan fingerprint density at radius 3 is 2.60 bits per heavy atom. The van der Waals surface area contributed by atoms with Crippen LogP contribution in [0.4, 0.5) is 0 Å². The van der Waals surface area contributed by atoms with E-state index in [1.54, 1.807) is 6.21 Å². The molecule has 0 aliphatic heterocycles. The summed E-state index contributed by atoms with van der Waals surface area (Å²) in [5, 5.41) is 3.93. The second-order valence-electron chi connectivity index (χ2n) is 5.19. The molecule has 2 rings (SSSR count). The molecule has 0 radical (unpaired) electrons. The van der Waals surface area contributed by atoms with E-state index in [-0.39, 0.29) is 12.5 Å². The van der Waals surface area contributed by atoms with E-state index in [9.17, 15) is 4.79 Å². The van der Waals surface area contributed by atoms with Crippen LogP contribution in [0.15, 0.2) is 52.0 Å². The summed E-state index contributed by atoms with van der Waals surface area (Å²) >= 11 is 3.42. The zero-order chi connectivity index (χ0) is 18.1. The van der Waals surface area contributed by atoms with Crippen LogP contribution >= 0.6 is 15.9 Å². The number of amides is 1. The molecule has 0 spiro atoms. The van der Waals surface area contributed by atoms with Gasteiger partial charge in [-0.15, -0.1) is 0 Å². The SMILES string of the molecule is CCOc1ccc(/C=N/NC(=O)COc2ccc(Br)cc2CC)cc1. The van der Waals surface area contributed by atoms with E-state index >= 15 is 0 Å². The van der Waals surface area contributed by atoms with Gasteiger partial charge in [0.2, 0.25) is 0 Å². The number of hydrogen-bond acceptors (Lipinski definition) is 4. The molecule has 0 aliphatic rings. The molecule has 25 heavy (non-hydrogen) atoms. The number of hydrazone groups is 1. The Morgan fingerprint density at radius 1 is 1.16 bits per heavy atom. The van der Waals surface area contributed by atoms with Gasteiger partial charge in [-0.2, -0.15) is 5.10 Å². The molecule has 1 N–H and O–H groups in total. The number of benzene rings is 2. The second kappa shape index (κ2) is 9.84. The average Bonchev–Trinajstić information content (AvgIpc) is 2.62. The molecule has 0 saturated heterocycles. The first-order chi connectivity index (χ1) is 12.1. The number of aryl methyl sites for hydroxylation is 1. The molecular weight excluding hydrogens is 384 g/mol. The molecule has 0 fully saturated rings. The number of nitrogens with zero attached hydrogens (tertiary/aromatic N) is 1. The molecule has 1 amide bonds. The fraction of sp³-hybridized carbons (Fsp3) is 0.263. The van der Waals surface area contributed by atoms with Crippen LogP contribution in [-0.4, -0.2) is 25.3 Å². The minimum absolute atomic E-state index is 0.0880. The Labute approximate surface area is 156 Å². The summed E-state index contributed by atoms with van der Waals surface area (Å²) in [6.07, 6.45) is 2.40. The molecule has 5 nitrogen and oxygen atoms in total. The standard InChI is InChI=1S/C19H21BrN2O3/c1-3-15-11-16(20)7-10-18(15)25-13-19(23)22-21-12-14-5-8-17(9-6-14)24-4-2/h5-12H,3-4,13H2,1-2H3,(H,22,23)/b21-12+. The first-order valence-electron chi connectivity index (χ1n) is 8.08. The molecule has 0 saturated carbocycles. The highest BCUT2D eigenvalue weighted by atomic mass is 79.9. The maximum Gasteiger partial charge on any atom is 0.277 e. The summed E-state index contributed by atoms with van der Waals surface area (Å²) in [7, 11) is 0. The molecule has 0 aliphatic carbocycles. The van der Waals surface area contributed by atoms with Gasteiger partial charge < -0.3 is 9.47 Å². The summed E-state index contributed by atoms with van der Waals surface area (Å²) in [5.74, 6) is 1.20. The fourth-order valence-electron chi connectivity index (χ4n) is 2.14. The molecule has 0 unspecified atom stereocenters. The lowest BCUT2D eigenvalue weighted by atomic mass is 10.1. The maximum absolute atomic E-state index is 11.8. The molecule has 0 bridgehead atoms. The Morgan fingerprint density at radius 2 is 1.92 bits per heavy atom. The zero-order valence-corrected chi connectivity index (χ0v) is 15.9. The van der Waals surface area contributed by atoms with Crippen molar-refractivity contribution in [1.29, 1.82) is 0 Å². The molecular formula is C19H21BrN2O3. The van der Waals surface area contributed by atoms with Crippen LogP contribution in [0.25, 0.3) is 0 Å². The smallest absolute Gasteiger partial charge is 0.277 e. The number of rotatable bonds is 8. The van der Waals surface area contributed by atoms with Crippen molar-refractivity contribution in [1.82, 2.24) is 5.43 Å². The summed E-state index contributed by atoms with van der Waals surface area (Å²) in [5.41, 5.74) is 4.36. The lowest BCUT2D eigenvalue weighted by Crippen LogP contribution is -2.24. The van der Waals surface area contributed by atoms with Crippen molar-refractivity contribution in [2.45, 2.75) is 20.3 Å². The number of carbonyl (C=O) groups excluding carboxylic acids is 1.